The van der Waals surface area contributed by atoms with E-state index in [1.165, 1.54) is 17.0 Å². The van der Waals surface area contributed by atoms with Gasteiger partial charge < -0.3 is 10.2 Å². The van der Waals surface area contributed by atoms with Gasteiger partial charge in [0.15, 0.2) is 0 Å². The fraction of sp³-hybridized carbons (Fsp3) is 0.310. The number of carbonyl (C=O) groups excluding carboxylic acids is 2. The van der Waals surface area contributed by atoms with Gasteiger partial charge in [-0.25, -0.2) is 8.42 Å². The molecule has 196 valence electrons. The zero-order valence-electron chi connectivity index (χ0n) is 22.1. The molecular weight excluding hydrogens is 486 g/mol. The molecule has 0 radical (unpaired) electrons. The van der Waals surface area contributed by atoms with Gasteiger partial charge in [0, 0.05) is 13.1 Å². The van der Waals surface area contributed by atoms with Gasteiger partial charge in [-0.2, -0.15) is 0 Å². The second kappa shape index (κ2) is 12.1. The summed E-state index contributed by atoms with van der Waals surface area (Å²) in [6.45, 7) is 9.35. The maximum Gasteiger partial charge on any atom is 0.264 e. The van der Waals surface area contributed by atoms with Gasteiger partial charge in [0.05, 0.1) is 10.6 Å². The highest BCUT2D eigenvalue weighted by molar-refractivity contribution is 7.92. The Morgan fingerprint density at radius 3 is 2.03 bits per heavy atom. The van der Waals surface area contributed by atoms with Gasteiger partial charge in [-0.05, 0) is 75.6 Å². The van der Waals surface area contributed by atoms with Crippen molar-refractivity contribution in [3.63, 3.8) is 0 Å². The number of hydrogen-bond donors (Lipinski definition) is 1. The Labute approximate surface area is 220 Å². The van der Waals surface area contributed by atoms with Crippen LogP contribution in [0.15, 0.2) is 77.7 Å². The molecule has 1 atom stereocenters. The fourth-order valence-electron chi connectivity index (χ4n) is 4.14. The molecule has 0 unspecified atom stereocenters. The normalized spacial score (nSPS) is 12.0. The van der Waals surface area contributed by atoms with Crippen LogP contribution in [0, 0.1) is 20.8 Å². The third kappa shape index (κ3) is 6.98. The van der Waals surface area contributed by atoms with Crippen molar-refractivity contribution in [3.8, 4) is 0 Å². The molecule has 3 rings (SSSR count). The van der Waals surface area contributed by atoms with Crippen LogP contribution in [0.1, 0.15) is 36.1 Å². The molecule has 3 aromatic carbocycles. The van der Waals surface area contributed by atoms with Crippen LogP contribution in [0.3, 0.4) is 0 Å². The van der Waals surface area contributed by atoms with Crippen LogP contribution < -0.4 is 9.62 Å². The summed E-state index contributed by atoms with van der Waals surface area (Å²) in [5.41, 5.74) is 4.08. The van der Waals surface area contributed by atoms with Crippen LogP contribution in [-0.4, -0.2) is 44.3 Å². The number of nitrogens with zero attached hydrogens (tertiary/aromatic N) is 2. The smallest absolute Gasteiger partial charge is 0.264 e. The van der Waals surface area contributed by atoms with Gasteiger partial charge in [0.1, 0.15) is 12.6 Å². The van der Waals surface area contributed by atoms with E-state index in [1.807, 2.05) is 58.0 Å². The average molecular weight is 522 g/mol. The maximum absolute atomic E-state index is 13.8. The predicted octanol–water partition coefficient (Wildman–Crippen LogP) is 4.36. The molecule has 8 heteroatoms. The first-order chi connectivity index (χ1) is 17.5. The van der Waals surface area contributed by atoms with E-state index in [0.717, 1.165) is 26.6 Å². The average Bonchev–Trinajstić information content (AvgIpc) is 2.86. The van der Waals surface area contributed by atoms with E-state index in [0.29, 0.717) is 12.2 Å². The molecule has 3 aromatic rings. The molecule has 0 aliphatic heterocycles. The molecule has 0 aliphatic rings. The highest BCUT2D eigenvalue weighted by Crippen LogP contribution is 2.26. The first-order valence-electron chi connectivity index (χ1n) is 12.3. The Balaban J connectivity index is 2.04. The van der Waals surface area contributed by atoms with Crippen LogP contribution in [0.4, 0.5) is 5.69 Å². The first kappa shape index (κ1) is 27.9. The van der Waals surface area contributed by atoms with Gasteiger partial charge in [-0.1, -0.05) is 54.1 Å². The Morgan fingerprint density at radius 2 is 1.46 bits per heavy atom. The Bertz CT molecular complexity index is 1320. The summed E-state index contributed by atoms with van der Waals surface area (Å²) in [7, 11) is -4.07. The number of nitrogens with one attached hydrogen (secondary N) is 1. The summed E-state index contributed by atoms with van der Waals surface area (Å²) in [6.07, 6.45) is 0. The van der Waals surface area contributed by atoms with Crippen LogP contribution in [0.5, 0.6) is 0 Å². The zero-order chi connectivity index (χ0) is 27.2. The van der Waals surface area contributed by atoms with Crippen LogP contribution in [-0.2, 0) is 26.2 Å². The van der Waals surface area contributed by atoms with E-state index in [-0.39, 0.29) is 17.3 Å². The summed E-state index contributed by atoms with van der Waals surface area (Å²) in [4.78, 5) is 28.1. The first-order valence-corrected chi connectivity index (χ1v) is 13.8. The van der Waals surface area contributed by atoms with Gasteiger partial charge in [0.25, 0.3) is 10.0 Å². The highest BCUT2D eigenvalue weighted by atomic mass is 32.2. The second-order valence-corrected chi connectivity index (χ2v) is 11.1. The molecule has 0 aliphatic carbocycles. The summed E-state index contributed by atoms with van der Waals surface area (Å²) in [5.74, 6) is -0.773. The predicted molar refractivity (Wildman–Crippen MR) is 147 cm³/mol. The lowest BCUT2D eigenvalue weighted by Crippen LogP contribution is -2.51. The largest absolute Gasteiger partial charge is 0.355 e. The number of rotatable bonds is 10. The quantitative estimate of drug-likeness (QED) is 0.430. The summed E-state index contributed by atoms with van der Waals surface area (Å²) < 4.78 is 28.7. The standard InChI is InChI=1S/C29H35N3O4S/c1-6-30-29(34)24(5)31(19-25-14-12-21(2)13-15-25)28(33)20-32(26-17-22(3)16-23(4)18-26)37(35,36)27-10-8-7-9-11-27/h7-18,24H,6,19-20H2,1-5H3,(H,30,34)/t24-/m1/s1. The number of anilines is 1. The molecule has 0 bridgehead atoms. The maximum atomic E-state index is 13.8. The van der Waals surface area contributed by atoms with Crippen molar-refractivity contribution in [1.82, 2.24) is 10.2 Å². The number of benzene rings is 3. The number of hydrogen-bond acceptors (Lipinski definition) is 4. The van der Waals surface area contributed by atoms with Crippen molar-refractivity contribution in [1.29, 1.82) is 0 Å². The van der Waals surface area contributed by atoms with E-state index in [2.05, 4.69) is 5.32 Å². The number of amides is 2. The Morgan fingerprint density at radius 1 is 0.865 bits per heavy atom. The van der Waals surface area contributed by atoms with Crippen molar-refractivity contribution in [2.24, 2.45) is 0 Å². The molecule has 0 saturated carbocycles. The third-order valence-corrected chi connectivity index (χ3v) is 7.88. The van der Waals surface area contributed by atoms with Crippen molar-refractivity contribution >= 4 is 27.5 Å². The molecule has 0 fully saturated rings. The minimum Gasteiger partial charge on any atom is -0.355 e. The van der Waals surface area contributed by atoms with E-state index in [9.17, 15) is 18.0 Å². The number of aryl methyl sites for hydroxylation is 3. The SMILES string of the molecule is CCNC(=O)[C@@H](C)N(Cc1ccc(C)cc1)C(=O)CN(c1cc(C)cc(C)c1)S(=O)(=O)c1ccccc1. The lowest BCUT2D eigenvalue weighted by Gasteiger charge is -2.32. The summed E-state index contributed by atoms with van der Waals surface area (Å²) >= 11 is 0. The lowest BCUT2D eigenvalue weighted by molar-refractivity contribution is -0.139. The topological polar surface area (TPSA) is 86.8 Å². The van der Waals surface area contributed by atoms with Gasteiger partial charge in [-0.3, -0.25) is 13.9 Å². The molecule has 37 heavy (non-hydrogen) atoms. The second-order valence-electron chi connectivity index (χ2n) is 9.25. The number of sulfonamides is 1. The van der Waals surface area contributed by atoms with Crippen LogP contribution >= 0.6 is 0 Å². The van der Waals surface area contributed by atoms with E-state index >= 15 is 0 Å². The molecular formula is C29H35N3O4S. The minimum absolute atomic E-state index is 0.0869. The van der Waals surface area contributed by atoms with Crippen molar-refractivity contribution in [2.75, 3.05) is 17.4 Å². The monoisotopic (exact) mass is 521 g/mol. The van der Waals surface area contributed by atoms with Crippen LogP contribution in [0.2, 0.25) is 0 Å². The van der Waals surface area contributed by atoms with Crippen LogP contribution in [0.25, 0.3) is 0 Å². The number of carbonyl (C=O) groups is 2. The van der Waals surface area contributed by atoms with Gasteiger partial charge in [0.2, 0.25) is 11.8 Å². The van der Waals surface area contributed by atoms with Crippen molar-refractivity contribution < 1.29 is 18.0 Å². The van der Waals surface area contributed by atoms with E-state index in [1.54, 1.807) is 37.3 Å². The Hall–Kier alpha value is -3.65. The lowest BCUT2D eigenvalue weighted by atomic mass is 10.1. The van der Waals surface area contributed by atoms with E-state index in [4.69, 9.17) is 0 Å². The van der Waals surface area contributed by atoms with Gasteiger partial charge in [-0.15, -0.1) is 0 Å². The number of likely N-dealkylation sites (N-methyl/N-ethyl adjacent to an activating group) is 1. The molecule has 7 nitrogen and oxygen atoms in total. The minimum atomic E-state index is -4.07. The molecule has 0 aromatic heterocycles. The molecule has 0 spiro atoms. The molecule has 0 heterocycles. The molecule has 1 N–H and O–H groups in total. The molecule has 0 saturated heterocycles. The van der Waals surface area contributed by atoms with Crippen molar-refractivity contribution in [3.05, 3.63) is 95.1 Å². The van der Waals surface area contributed by atoms with E-state index < -0.39 is 28.5 Å². The van der Waals surface area contributed by atoms with Gasteiger partial charge >= 0.3 is 0 Å². The fourth-order valence-corrected chi connectivity index (χ4v) is 5.56. The van der Waals surface area contributed by atoms with Crippen molar-refractivity contribution in [2.45, 2.75) is 52.1 Å². The summed E-state index contributed by atoms with van der Waals surface area (Å²) in [5, 5.41) is 2.77. The zero-order valence-corrected chi connectivity index (χ0v) is 22.9. The highest BCUT2D eigenvalue weighted by Gasteiger charge is 2.32. The third-order valence-electron chi connectivity index (χ3n) is 6.10. The Kier molecular flexibility index (Phi) is 9.10. The molecule has 2 amide bonds. The summed E-state index contributed by atoms with van der Waals surface area (Å²) in [6, 6.07) is 20.4.